The van der Waals surface area contributed by atoms with Crippen LogP contribution in [-0.4, -0.2) is 37.4 Å². The zero-order valence-corrected chi connectivity index (χ0v) is 16.6. The van der Waals surface area contributed by atoms with Crippen LogP contribution >= 0.6 is 0 Å². The molecule has 1 aromatic carbocycles. The largest absolute Gasteiger partial charge is 0.469 e. The molecule has 1 N–H and O–H groups in total. The van der Waals surface area contributed by atoms with Gasteiger partial charge in [0.2, 0.25) is 0 Å². The van der Waals surface area contributed by atoms with Crippen molar-refractivity contribution in [3.05, 3.63) is 35.9 Å². The number of hydrogen-bond acceptors (Lipinski definition) is 5. The van der Waals surface area contributed by atoms with Crippen LogP contribution in [0.1, 0.15) is 58.4 Å². The molecular formula is C21H32O5. The predicted octanol–water partition coefficient (Wildman–Crippen LogP) is 3.70. The first kappa shape index (κ1) is 22.2. The summed E-state index contributed by atoms with van der Waals surface area (Å²) in [5, 5.41) is 8.91. The Balaban J connectivity index is 3.06. The van der Waals surface area contributed by atoms with Crippen molar-refractivity contribution < 1.29 is 24.2 Å². The van der Waals surface area contributed by atoms with Gasteiger partial charge in [-0.3, -0.25) is 9.59 Å². The summed E-state index contributed by atoms with van der Waals surface area (Å²) in [5.41, 5.74) is -0.509. The first-order chi connectivity index (χ1) is 12.2. The topological polar surface area (TPSA) is 72.8 Å². The van der Waals surface area contributed by atoms with E-state index in [4.69, 9.17) is 14.6 Å². The van der Waals surface area contributed by atoms with E-state index in [1.165, 1.54) is 7.11 Å². The molecule has 1 aromatic rings. The molecule has 3 unspecified atom stereocenters. The summed E-state index contributed by atoms with van der Waals surface area (Å²) in [6.07, 6.45) is 1.42. The van der Waals surface area contributed by atoms with Crippen LogP contribution in [0.2, 0.25) is 0 Å². The normalized spacial score (nSPS) is 16.8. The van der Waals surface area contributed by atoms with Crippen LogP contribution in [0.15, 0.2) is 30.3 Å². The zero-order chi connectivity index (χ0) is 19.8. The van der Waals surface area contributed by atoms with Crippen LogP contribution in [0.3, 0.4) is 0 Å². The van der Waals surface area contributed by atoms with E-state index in [9.17, 15) is 9.59 Å². The molecule has 0 aliphatic carbocycles. The molecule has 0 fully saturated rings. The SMILES string of the molecule is CCC(C)(CC(C)(CC(C)c1ccccc1)C(=O)OC)C(=O)OCCO. The lowest BCUT2D eigenvalue weighted by Gasteiger charge is -2.37. The fourth-order valence-corrected chi connectivity index (χ4v) is 3.56. The van der Waals surface area contributed by atoms with E-state index in [1.54, 1.807) is 6.92 Å². The molecule has 0 saturated heterocycles. The maximum Gasteiger partial charge on any atom is 0.311 e. The van der Waals surface area contributed by atoms with Gasteiger partial charge in [0.1, 0.15) is 6.61 Å². The van der Waals surface area contributed by atoms with Crippen LogP contribution in [0.5, 0.6) is 0 Å². The van der Waals surface area contributed by atoms with Crippen LogP contribution in [0.25, 0.3) is 0 Å². The van der Waals surface area contributed by atoms with Gasteiger partial charge in [-0.25, -0.2) is 0 Å². The summed E-state index contributed by atoms with van der Waals surface area (Å²) in [7, 11) is 1.38. The van der Waals surface area contributed by atoms with Crippen molar-refractivity contribution in [1.29, 1.82) is 0 Å². The molecule has 26 heavy (non-hydrogen) atoms. The molecule has 0 saturated carbocycles. The van der Waals surface area contributed by atoms with Gasteiger partial charge in [0.25, 0.3) is 0 Å². The highest BCUT2D eigenvalue weighted by Gasteiger charge is 2.46. The molecule has 0 bridgehead atoms. The first-order valence-electron chi connectivity index (χ1n) is 9.14. The lowest BCUT2D eigenvalue weighted by molar-refractivity contribution is -0.163. The number of carbonyl (C=O) groups is 2. The highest BCUT2D eigenvalue weighted by molar-refractivity contribution is 5.80. The van der Waals surface area contributed by atoms with E-state index >= 15 is 0 Å². The second kappa shape index (κ2) is 9.72. The van der Waals surface area contributed by atoms with Gasteiger partial charge in [-0.05, 0) is 44.6 Å². The third-order valence-electron chi connectivity index (χ3n) is 5.18. The maximum absolute atomic E-state index is 12.6. The number of aliphatic hydroxyl groups excluding tert-OH is 1. The Kier molecular flexibility index (Phi) is 8.28. The first-order valence-corrected chi connectivity index (χ1v) is 9.14. The maximum atomic E-state index is 12.6. The smallest absolute Gasteiger partial charge is 0.311 e. The highest BCUT2D eigenvalue weighted by Crippen LogP contribution is 2.44. The number of methoxy groups -OCH3 is 1. The number of hydrogen-bond donors (Lipinski definition) is 1. The molecule has 0 aliphatic heterocycles. The summed E-state index contributed by atoms with van der Waals surface area (Å²) in [4.78, 5) is 25.1. The minimum Gasteiger partial charge on any atom is -0.469 e. The van der Waals surface area contributed by atoms with Crippen LogP contribution in [0.4, 0.5) is 0 Å². The minimum absolute atomic E-state index is 0.0379. The van der Waals surface area contributed by atoms with Crippen LogP contribution in [-0.2, 0) is 19.1 Å². The molecule has 0 radical (unpaired) electrons. The van der Waals surface area contributed by atoms with Gasteiger partial charge >= 0.3 is 11.9 Å². The summed E-state index contributed by atoms with van der Waals surface area (Å²) in [6.45, 7) is 7.38. The Morgan fingerprint density at radius 2 is 1.73 bits per heavy atom. The van der Waals surface area contributed by atoms with Gasteiger partial charge in [-0.15, -0.1) is 0 Å². The number of aliphatic hydroxyl groups is 1. The fourth-order valence-electron chi connectivity index (χ4n) is 3.56. The lowest BCUT2D eigenvalue weighted by Crippen LogP contribution is -2.41. The Morgan fingerprint density at radius 3 is 2.23 bits per heavy atom. The highest BCUT2D eigenvalue weighted by atomic mass is 16.5. The predicted molar refractivity (Wildman–Crippen MR) is 101 cm³/mol. The number of carbonyl (C=O) groups excluding carboxylic acids is 2. The fraction of sp³-hybridized carbons (Fsp3) is 0.619. The number of rotatable bonds is 10. The zero-order valence-electron chi connectivity index (χ0n) is 16.6. The summed E-state index contributed by atoms with van der Waals surface area (Å²) >= 11 is 0. The molecule has 5 heteroatoms. The molecule has 146 valence electrons. The molecular weight excluding hydrogens is 332 g/mol. The molecule has 0 aliphatic rings. The number of esters is 2. The van der Waals surface area contributed by atoms with Gasteiger partial charge in [-0.2, -0.15) is 0 Å². The minimum atomic E-state index is -0.826. The van der Waals surface area contributed by atoms with Crippen molar-refractivity contribution in [1.82, 2.24) is 0 Å². The third-order valence-corrected chi connectivity index (χ3v) is 5.18. The average molecular weight is 364 g/mol. The molecule has 0 spiro atoms. The van der Waals surface area contributed by atoms with Crippen molar-refractivity contribution in [3.8, 4) is 0 Å². The van der Waals surface area contributed by atoms with E-state index in [2.05, 4.69) is 6.92 Å². The standard InChI is InChI=1S/C21H32O5/c1-6-20(3,19(24)26-13-12-22)15-21(4,18(23)25-5)14-16(2)17-10-8-7-9-11-17/h7-11,16,22H,6,12-15H2,1-5H3. The van der Waals surface area contributed by atoms with Crippen molar-refractivity contribution in [2.75, 3.05) is 20.3 Å². The molecule has 0 aromatic heterocycles. The number of benzene rings is 1. The Labute approximate surface area is 156 Å². The molecule has 3 atom stereocenters. The monoisotopic (exact) mass is 364 g/mol. The van der Waals surface area contributed by atoms with Gasteiger partial charge < -0.3 is 14.6 Å². The van der Waals surface area contributed by atoms with E-state index in [1.807, 2.05) is 44.2 Å². The average Bonchev–Trinajstić information content (AvgIpc) is 2.65. The van der Waals surface area contributed by atoms with Crippen molar-refractivity contribution in [2.45, 2.75) is 52.9 Å². The second-order valence-electron chi connectivity index (χ2n) is 7.52. The van der Waals surface area contributed by atoms with Crippen LogP contribution in [0, 0.1) is 10.8 Å². The van der Waals surface area contributed by atoms with Crippen LogP contribution < -0.4 is 0 Å². The van der Waals surface area contributed by atoms with Gasteiger partial charge in [-0.1, -0.05) is 44.2 Å². The van der Waals surface area contributed by atoms with E-state index in [-0.39, 0.29) is 25.1 Å². The Hall–Kier alpha value is -1.88. The second-order valence-corrected chi connectivity index (χ2v) is 7.52. The molecule has 0 heterocycles. The molecule has 5 nitrogen and oxygen atoms in total. The van der Waals surface area contributed by atoms with E-state index in [0.717, 1.165) is 5.56 Å². The van der Waals surface area contributed by atoms with Gasteiger partial charge in [0.05, 0.1) is 24.5 Å². The Morgan fingerprint density at radius 1 is 1.12 bits per heavy atom. The summed E-state index contributed by atoms with van der Waals surface area (Å²) in [5.74, 6) is -0.582. The van der Waals surface area contributed by atoms with Gasteiger partial charge in [0.15, 0.2) is 0 Å². The summed E-state index contributed by atoms with van der Waals surface area (Å²) in [6, 6.07) is 9.99. The lowest BCUT2D eigenvalue weighted by atomic mass is 9.67. The quantitative estimate of drug-likeness (QED) is 0.641. The van der Waals surface area contributed by atoms with Crippen molar-refractivity contribution in [2.24, 2.45) is 10.8 Å². The number of ether oxygens (including phenoxy) is 2. The van der Waals surface area contributed by atoms with Gasteiger partial charge in [0, 0.05) is 0 Å². The molecule has 0 amide bonds. The van der Waals surface area contributed by atoms with Crippen molar-refractivity contribution in [3.63, 3.8) is 0 Å². The van der Waals surface area contributed by atoms with Crippen molar-refractivity contribution >= 4 is 11.9 Å². The Bertz CT molecular complexity index is 585. The summed E-state index contributed by atoms with van der Waals surface area (Å²) < 4.78 is 10.2. The molecule has 1 rings (SSSR count). The third kappa shape index (κ3) is 5.56. The van der Waals surface area contributed by atoms with E-state index in [0.29, 0.717) is 19.3 Å². The van der Waals surface area contributed by atoms with E-state index < -0.39 is 16.8 Å².